The number of aromatic amines is 1. The van der Waals surface area contributed by atoms with Crippen LogP contribution in [0.2, 0.25) is 0 Å². The van der Waals surface area contributed by atoms with Gasteiger partial charge in [0.15, 0.2) is 0 Å². The molecule has 7 heteroatoms. The fraction of sp³-hybridized carbons (Fsp3) is 0.333. The lowest BCUT2D eigenvalue weighted by Gasteiger charge is -2.25. The van der Waals surface area contributed by atoms with E-state index in [1.165, 1.54) is 25.0 Å². The van der Waals surface area contributed by atoms with Gasteiger partial charge in [0.1, 0.15) is 5.82 Å². The summed E-state index contributed by atoms with van der Waals surface area (Å²) in [5, 5.41) is 6.48. The fourth-order valence-electron chi connectivity index (χ4n) is 5.58. The Hall–Kier alpha value is -3.71. The predicted octanol–water partition coefficient (Wildman–Crippen LogP) is 5.23. The zero-order valence-electron chi connectivity index (χ0n) is 20.9. The van der Waals surface area contributed by atoms with Crippen LogP contribution < -0.4 is 10.6 Å². The van der Waals surface area contributed by atoms with Crippen molar-refractivity contribution in [1.82, 2.24) is 15.2 Å². The van der Waals surface area contributed by atoms with Crippen LogP contribution in [0.15, 0.2) is 48.5 Å². The van der Waals surface area contributed by atoms with Gasteiger partial charge in [0.25, 0.3) is 11.8 Å². The number of nitrogens with one attached hydrogen (secondary N) is 3. The Kier molecular flexibility index (Phi) is 6.16. The van der Waals surface area contributed by atoms with Gasteiger partial charge >= 0.3 is 0 Å². The minimum Gasteiger partial charge on any atom is -0.358 e. The number of anilines is 1. The molecule has 1 aliphatic carbocycles. The third-order valence-electron chi connectivity index (χ3n) is 7.61. The van der Waals surface area contributed by atoms with E-state index in [1.54, 1.807) is 12.1 Å². The summed E-state index contributed by atoms with van der Waals surface area (Å²) in [4.78, 5) is 32.1. The molecule has 2 amide bonds. The number of amides is 2. The highest BCUT2D eigenvalue weighted by atomic mass is 19.1. The van der Waals surface area contributed by atoms with Crippen molar-refractivity contribution in [2.45, 2.75) is 38.6 Å². The van der Waals surface area contributed by atoms with Gasteiger partial charge in [0, 0.05) is 36.1 Å². The Labute approximate surface area is 216 Å². The summed E-state index contributed by atoms with van der Waals surface area (Å²) in [6.07, 6.45) is 6.36. The lowest BCUT2D eigenvalue weighted by Crippen LogP contribution is -2.42. The van der Waals surface area contributed by atoms with Crippen LogP contribution in [0.25, 0.3) is 22.8 Å². The highest BCUT2D eigenvalue weighted by Crippen LogP contribution is 2.41. The van der Waals surface area contributed by atoms with Crippen molar-refractivity contribution in [3.63, 3.8) is 0 Å². The summed E-state index contributed by atoms with van der Waals surface area (Å²) in [7, 11) is 0. The Morgan fingerprint density at radius 1 is 1.14 bits per heavy atom. The molecule has 2 aliphatic heterocycles. The third-order valence-corrected chi connectivity index (χ3v) is 7.61. The number of hydrogen-bond donors (Lipinski definition) is 3. The highest BCUT2D eigenvalue weighted by Gasteiger charge is 2.33. The molecule has 0 spiro atoms. The van der Waals surface area contributed by atoms with Crippen LogP contribution >= 0.6 is 0 Å². The van der Waals surface area contributed by atoms with Gasteiger partial charge in [-0.1, -0.05) is 24.3 Å². The number of rotatable bonds is 7. The van der Waals surface area contributed by atoms with Crippen LogP contribution in [0.1, 0.15) is 53.0 Å². The van der Waals surface area contributed by atoms with E-state index in [-0.39, 0.29) is 23.7 Å². The maximum absolute atomic E-state index is 14.0. The van der Waals surface area contributed by atoms with Crippen molar-refractivity contribution in [3.8, 4) is 11.1 Å². The molecule has 0 radical (unpaired) electrons. The van der Waals surface area contributed by atoms with Crippen molar-refractivity contribution < 1.29 is 14.0 Å². The SMILES string of the molecule is Cc1cc(C(=O)N2CCC[C@H]2CNCC2CC2)c(C=C2C(=O)Nc3cccc(-c4cccc(F)c4)c32)[nH]1. The molecule has 1 saturated carbocycles. The van der Waals surface area contributed by atoms with Gasteiger partial charge in [-0.3, -0.25) is 9.59 Å². The molecule has 0 unspecified atom stereocenters. The molecule has 2 fully saturated rings. The number of fused-ring (bicyclic) bond motifs is 1. The number of carbonyl (C=O) groups is 2. The standard InChI is InChI=1S/C30H31FN4O2/c1-18-13-24(30(37)35-12-4-7-22(35)17-32-16-19-10-11-19)27(33-18)15-25-28-23(20-5-2-6-21(31)14-20)8-3-9-26(28)34-29(25)36/h2-3,5-6,8-9,13-15,19,22,32-33H,4,7,10-12,16-17H2,1H3,(H,34,36)/t22-/m0/s1. The van der Waals surface area contributed by atoms with Crippen LogP contribution in [0, 0.1) is 18.7 Å². The number of likely N-dealkylation sites (tertiary alicyclic amines) is 1. The molecule has 0 bridgehead atoms. The van der Waals surface area contributed by atoms with E-state index in [0.29, 0.717) is 33.6 Å². The first-order chi connectivity index (χ1) is 18.0. The average molecular weight is 499 g/mol. The largest absolute Gasteiger partial charge is 0.358 e. The quantitative estimate of drug-likeness (QED) is 0.391. The lowest BCUT2D eigenvalue weighted by molar-refractivity contribution is -0.110. The second-order valence-corrected chi connectivity index (χ2v) is 10.4. The van der Waals surface area contributed by atoms with Gasteiger partial charge in [0.05, 0.1) is 16.8 Å². The van der Waals surface area contributed by atoms with Gasteiger partial charge in [-0.25, -0.2) is 4.39 Å². The lowest BCUT2D eigenvalue weighted by atomic mass is 9.94. The molecule has 1 saturated heterocycles. The van der Waals surface area contributed by atoms with Crippen LogP contribution in [0.5, 0.6) is 0 Å². The first kappa shape index (κ1) is 23.7. The van der Waals surface area contributed by atoms with Crippen molar-refractivity contribution >= 4 is 29.2 Å². The van der Waals surface area contributed by atoms with Crippen LogP contribution in [0.4, 0.5) is 10.1 Å². The van der Waals surface area contributed by atoms with Gasteiger partial charge < -0.3 is 20.5 Å². The molecule has 3 aromatic rings. The van der Waals surface area contributed by atoms with Crippen molar-refractivity contribution in [2.24, 2.45) is 5.92 Å². The maximum atomic E-state index is 14.0. The predicted molar refractivity (Wildman–Crippen MR) is 144 cm³/mol. The molecule has 6 nitrogen and oxygen atoms in total. The van der Waals surface area contributed by atoms with Crippen molar-refractivity contribution in [2.75, 3.05) is 25.0 Å². The molecule has 3 heterocycles. The summed E-state index contributed by atoms with van der Waals surface area (Å²) in [6.45, 7) is 4.50. The first-order valence-electron chi connectivity index (χ1n) is 13.1. The summed E-state index contributed by atoms with van der Waals surface area (Å²) in [5.74, 6) is 0.211. The number of carbonyl (C=O) groups excluding carboxylic acids is 2. The van der Waals surface area contributed by atoms with Crippen LogP contribution in [-0.4, -0.2) is 47.4 Å². The summed E-state index contributed by atoms with van der Waals surface area (Å²) in [5.41, 5.74) is 5.35. The van der Waals surface area contributed by atoms with Crippen LogP contribution in [-0.2, 0) is 4.79 Å². The van der Waals surface area contributed by atoms with E-state index >= 15 is 0 Å². The topological polar surface area (TPSA) is 77.2 Å². The second kappa shape index (κ2) is 9.63. The molecule has 1 aromatic heterocycles. The van der Waals surface area contributed by atoms with Crippen molar-refractivity contribution in [1.29, 1.82) is 0 Å². The maximum Gasteiger partial charge on any atom is 0.256 e. The fourth-order valence-corrected chi connectivity index (χ4v) is 5.58. The number of H-pyrrole nitrogens is 1. The molecule has 1 atom stereocenters. The molecule has 6 rings (SSSR count). The summed E-state index contributed by atoms with van der Waals surface area (Å²) >= 11 is 0. The zero-order chi connectivity index (χ0) is 25.5. The van der Waals surface area contributed by atoms with Gasteiger partial charge in [-0.05, 0) is 86.5 Å². The molecule has 37 heavy (non-hydrogen) atoms. The molecule has 3 aliphatic rings. The second-order valence-electron chi connectivity index (χ2n) is 10.4. The van der Waals surface area contributed by atoms with Gasteiger partial charge in [0.2, 0.25) is 0 Å². The number of benzene rings is 2. The minimum absolute atomic E-state index is 0.0102. The number of aromatic nitrogens is 1. The van der Waals surface area contributed by atoms with Gasteiger partial charge in [-0.15, -0.1) is 0 Å². The van der Waals surface area contributed by atoms with E-state index < -0.39 is 0 Å². The van der Waals surface area contributed by atoms with Gasteiger partial charge in [-0.2, -0.15) is 0 Å². The Morgan fingerprint density at radius 3 is 2.78 bits per heavy atom. The number of halogens is 1. The van der Waals surface area contributed by atoms with Crippen LogP contribution in [0.3, 0.4) is 0 Å². The van der Waals surface area contributed by atoms with Crippen molar-refractivity contribution in [3.05, 3.63) is 76.9 Å². The summed E-state index contributed by atoms with van der Waals surface area (Å²) < 4.78 is 14.0. The third kappa shape index (κ3) is 4.71. The van der Waals surface area contributed by atoms with E-state index in [4.69, 9.17) is 0 Å². The number of hydrogen-bond acceptors (Lipinski definition) is 3. The Bertz CT molecular complexity index is 1400. The normalized spacial score (nSPS) is 19.9. The molecule has 3 N–H and O–H groups in total. The zero-order valence-corrected chi connectivity index (χ0v) is 20.9. The van der Waals surface area contributed by atoms with E-state index in [9.17, 15) is 14.0 Å². The molecule has 190 valence electrons. The monoisotopic (exact) mass is 498 g/mol. The van der Waals surface area contributed by atoms with E-state index in [2.05, 4.69) is 15.6 Å². The molecular weight excluding hydrogens is 467 g/mol. The average Bonchev–Trinajstić information content (AvgIpc) is 3.31. The molecule has 2 aromatic carbocycles. The Balaban J connectivity index is 1.33. The molecular formula is C30H31FN4O2. The summed E-state index contributed by atoms with van der Waals surface area (Å²) in [6, 6.07) is 14.0. The number of nitrogens with zero attached hydrogens (tertiary/aromatic N) is 1. The minimum atomic E-state index is -0.336. The van der Waals surface area contributed by atoms with E-state index in [0.717, 1.165) is 49.7 Å². The Morgan fingerprint density at radius 2 is 1.97 bits per heavy atom. The van der Waals surface area contributed by atoms with E-state index in [1.807, 2.05) is 42.2 Å². The first-order valence-corrected chi connectivity index (χ1v) is 13.1. The highest BCUT2D eigenvalue weighted by molar-refractivity contribution is 6.36. The number of aryl methyl sites for hydroxylation is 1. The smallest absolute Gasteiger partial charge is 0.256 e.